The zero-order valence-electron chi connectivity index (χ0n) is 16.6. The van der Waals surface area contributed by atoms with Gasteiger partial charge in [-0.15, -0.1) is 10.2 Å². The highest BCUT2D eigenvalue weighted by atomic mass is 16.2. The average molecular weight is 379 g/mol. The van der Waals surface area contributed by atoms with E-state index in [0.29, 0.717) is 24.7 Å². The minimum atomic E-state index is -0.242. The van der Waals surface area contributed by atoms with Crippen LogP contribution in [0.25, 0.3) is 5.82 Å². The summed E-state index contributed by atoms with van der Waals surface area (Å²) in [5, 5.41) is 21.6. The van der Waals surface area contributed by atoms with Crippen LogP contribution >= 0.6 is 0 Å². The van der Waals surface area contributed by atoms with Crippen LogP contribution in [0.3, 0.4) is 0 Å². The second kappa shape index (κ2) is 8.51. The lowest BCUT2D eigenvalue weighted by Crippen LogP contribution is -2.32. The highest BCUT2D eigenvalue weighted by Crippen LogP contribution is 2.15. The van der Waals surface area contributed by atoms with Gasteiger partial charge in [-0.2, -0.15) is 5.10 Å². The van der Waals surface area contributed by atoms with Gasteiger partial charge in [-0.3, -0.25) is 0 Å². The van der Waals surface area contributed by atoms with E-state index in [2.05, 4.69) is 31.2 Å². The number of benzene rings is 1. The Morgan fingerprint density at radius 3 is 2.50 bits per heavy atom. The molecule has 3 N–H and O–H groups in total. The van der Waals surface area contributed by atoms with E-state index in [0.717, 1.165) is 28.2 Å². The van der Waals surface area contributed by atoms with Crippen molar-refractivity contribution in [1.82, 2.24) is 25.3 Å². The summed E-state index contributed by atoms with van der Waals surface area (Å²) in [6.45, 7) is 9.00. The maximum absolute atomic E-state index is 11.9. The van der Waals surface area contributed by atoms with Crippen LogP contribution in [0.1, 0.15) is 22.5 Å². The number of anilines is 2. The SMILES string of the molecule is Cc1cccc(NC(=O)NCCNc2ccc(-n3nc(C)c(C)c3C)nn2)c1. The number of nitrogens with zero attached hydrogens (tertiary/aromatic N) is 4. The average Bonchev–Trinajstić information content (AvgIpc) is 2.93. The standard InChI is InChI=1S/C20H25N7O/c1-13-6-5-7-17(12-13)23-20(28)22-11-10-21-18-8-9-19(25-24-18)27-16(4)14(2)15(3)26-27/h5-9,12H,10-11H2,1-4H3,(H,21,24)(H2,22,23,28). The van der Waals surface area contributed by atoms with E-state index in [1.54, 1.807) is 4.68 Å². The Bertz CT molecular complexity index is 963. The summed E-state index contributed by atoms with van der Waals surface area (Å²) < 4.78 is 1.79. The Labute approximate surface area is 164 Å². The largest absolute Gasteiger partial charge is 0.367 e. The molecule has 2 heterocycles. The number of carbonyl (C=O) groups is 1. The molecule has 0 aliphatic carbocycles. The maximum Gasteiger partial charge on any atom is 0.319 e. The molecular formula is C20H25N7O. The summed E-state index contributed by atoms with van der Waals surface area (Å²) in [6.07, 6.45) is 0. The molecule has 0 fully saturated rings. The predicted molar refractivity (Wildman–Crippen MR) is 110 cm³/mol. The van der Waals surface area contributed by atoms with Crippen LogP contribution in [0.2, 0.25) is 0 Å². The minimum Gasteiger partial charge on any atom is -0.367 e. The second-order valence-corrected chi connectivity index (χ2v) is 6.66. The van der Waals surface area contributed by atoms with E-state index in [1.165, 1.54) is 0 Å². The lowest BCUT2D eigenvalue weighted by atomic mass is 10.2. The third kappa shape index (κ3) is 4.64. The fraction of sp³-hybridized carbons (Fsp3) is 0.300. The van der Waals surface area contributed by atoms with Gasteiger partial charge in [0.15, 0.2) is 5.82 Å². The summed E-state index contributed by atoms with van der Waals surface area (Å²) in [6, 6.07) is 11.1. The van der Waals surface area contributed by atoms with Gasteiger partial charge in [-0.1, -0.05) is 12.1 Å². The van der Waals surface area contributed by atoms with E-state index in [-0.39, 0.29) is 6.03 Å². The van der Waals surface area contributed by atoms with Gasteiger partial charge in [0, 0.05) is 24.5 Å². The number of urea groups is 1. The summed E-state index contributed by atoms with van der Waals surface area (Å²) in [5.41, 5.74) is 5.05. The van der Waals surface area contributed by atoms with Crippen LogP contribution in [0.15, 0.2) is 36.4 Å². The normalized spacial score (nSPS) is 10.6. The van der Waals surface area contributed by atoms with Crippen LogP contribution in [0.4, 0.5) is 16.3 Å². The third-order valence-corrected chi connectivity index (χ3v) is 4.51. The molecule has 3 rings (SSSR count). The molecule has 146 valence electrons. The van der Waals surface area contributed by atoms with Gasteiger partial charge in [0.1, 0.15) is 5.82 Å². The molecule has 0 saturated heterocycles. The Hall–Kier alpha value is -3.42. The molecule has 2 amide bonds. The minimum absolute atomic E-state index is 0.242. The van der Waals surface area contributed by atoms with Gasteiger partial charge >= 0.3 is 6.03 Å². The molecule has 0 aliphatic rings. The highest BCUT2D eigenvalue weighted by molar-refractivity contribution is 5.89. The molecule has 28 heavy (non-hydrogen) atoms. The van der Waals surface area contributed by atoms with Crippen molar-refractivity contribution in [3.63, 3.8) is 0 Å². The second-order valence-electron chi connectivity index (χ2n) is 6.66. The van der Waals surface area contributed by atoms with Crippen molar-refractivity contribution >= 4 is 17.5 Å². The summed E-state index contributed by atoms with van der Waals surface area (Å²) in [5.74, 6) is 1.32. The summed E-state index contributed by atoms with van der Waals surface area (Å²) in [4.78, 5) is 11.9. The first-order valence-electron chi connectivity index (χ1n) is 9.16. The van der Waals surface area contributed by atoms with Gasteiger partial charge < -0.3 is 16.0 Å². The van der Waals surface area contributed by atoms with E-state index in [1.807, 2.05) is 64.1 Å². The van der Waals surface area contributed by atoms with Gasteiger partial charge in [0.05, 0.1) is 5.69 Å². The zero-order chi connectivity index (χ0) is 20.1. The Morgan fingerprint density at radius 1 is 1.04 bits per heavy atom. The lowest BCUT2D eigenvalue weighted by molar-refractivity contribution is 0.252. The van der Waals surface area contributed by atoms with Crippen molar-refractivity contribution in [2.45, 2.75) is 27.7 Å². The lowest BCUT2D eigenvalue weighted by Gasteiger charge is -2.09. The molecule has 1 aromatic carbocycles. The molecule has 0 atom stereocenters. The molecule has 8 heteroatoms. The Kier molecular flexibility index (Phi) is 5.88. The van der Waals surface area contributed by atoms with Crippen molar-refractivity contribution in [3.8, 4) is 5.82 Å². The van der Waals surface area contributed by atoms with Crippen LogP contribution in [0, 0.1) is 27.7 Å². The van der Waals surface area contributed by atoms with Crippen LogP contribution in [-0.4, -0.2) is 39.1 Å². The van der Waals surface area contributed by atoms with Crippen molar-refractivity contribution < 1.29 is 4.79 Å². The summed E-state index contributed by atoms with van der Waals surface area (Å²) in [7, 11) is 0. The third-order valence-electron chi connectivity index (χ3n) is 4.51. The first kappa shape index (κ1) is 19.3. The van der Waals surface area contributed by atoms with Crippen LogP contribution in [0.5, 0.6) is 0 Å². The number of hydrogen-bond donors (Lipinski definition) is 3. The zero-order valence-corrected chi connectivity index (χ0v) is 16.6. The molecule has 8 nitrogen and oxygen atoms in total. The predicted octanol–water partition coefficient (Wildman–Crippen LogP) is 3.13. The topological polar surface area (TPSA) is 96.8 Å². The smallest absolute Gasteiger partial charge is 0.319 e. The summed E-state index contributed by atoms with van der Waals surface area (Å²) >= 11 is 0. The fourth-order valence-electron chi connectivity index (χ4n) is 2.74. The Morgan fingerprint density at radius 2 is 1.86 bits per heavy atom. The number of amides is 2. The molecule has 0 spiro atoms. The van der Waals surface area contributed by atoms with Crippen LogP contribution < -0.4 is 16.0 Å². The fourth-order valence-corrected chi connectivity index (χ4v) is 2.74. The van der Waals surface area contributed by atoms with Crippen LogP contribution in [-0.2, 0) is 0 Å². The number of aromatic nitrogens is 4. The number of carbonyl (C=O) groups excluding carboxylic acids is 1. The van der Waals surface area contributed by atoms with E-state index >= 15 is 0 Å². The molecule has 2 aromatic heterocycles. The monoisotopic (exact) mass is 379 g/mol. The Balaban J connectivity index is 1.46. The first-order valence-corrected chi connectivity index (χ1v) is 9.16. The van der Waals surface area contributed by atoms with Crippen molar-refractivity contribution in [2.75, 3.05) is 23.7 Å². The molecular weight excluding hydrogens is 354 g/mol. The van der Waals surface area contributed by atoms with Gasteiger partial charge in [-0.05, 0) is 63.1 Å². The number of nitrogens with one attached hydrogen (secondary N) is 3. The molecule has 0 saturated carbocycles. The van der Waals surface area contributed by atoms with E-state index < -0.39 is 0 Å². The highest BCUT2D eigenvalue weighted by Gasteiger charge is 2.10. The quantitative estimate of drug-likeness (QED) is 0.572. The first-order chi connectivity index (χ1) is 13.4. The molecule has 0 unspecified atom stereocenters. The van der Waals surface area contributed by atoms with E-state index in [9.17, 15) is 4.79 Å². The van der Waals surface area contributed by atoms with Crippen molar-refractivity contribution in [3.05, 3.63) is 58.9 Å². The molecule has 0 radical (unpaired) electrons. The number of rotatable bonds is 6. The number of hydrogen-bond acceptors (Lipinski definition) is 5. The molecule has 0 bridgehead atoms. The van der Waals surface area contributed by atoms with Gasteiger partial charge in [0.2, 0.25) is 0 Å². The van der Waals surface area contributed by atoms with Gasteiger partial charge in [0.25, 0.3) is 0 Å². The van der Waals surface area contributed by atoms with E-state index in [4.69, 9.17) is 0 Å². The van der Waals surface area contributed by atoms with Crippen molar-refractivity contribution in [1.29, 1.82) is 0 Å². The molecule has 0 aliphatic heterocycles. The van der Waals surface area contributed by atoms with Gasteiger partial charge in [-0.25, -0.2) is 9.48 Å². The van der Waals surface area contributed by atoms with Crippen molar-refractivity contribution in [2.24, 2.45) is 0 Å². The molecule has 3 aromatic rings. The maximum atomic E-state index is 11.9. The number of aryl methyl sites for hydroxylation is 2.